The molecule has 2 rings (SSSR count). The number of nitrogens with zero attached hydrogens (tertiary/aromatic N) is 3. The lowest BCUT2D eigenvalue weighted by atomic mass is 10.1. The maximum absolute atomic E-state index is 11.4. The molecule has 2 heterocycles. The number of carboxylic acid groups (broad SMARTS) is 1. The van der Waals surface area contributed by atoms with Crippen LogP contribution in [0.2, 0.25) is 0 Å². The summed E-state index contributed by atoms with van der Waals surface area (Å²) in [4.78, 5) is 22.0. The second-order valence-corrected chi connectivity index (χ2v) is 5.48. The van der Waals surface area contributed by atoms with Gasteiger partial charge in [-0.3, -0.25) is 0 Å². The van der Waals surface area contributed by atoms with Crippen LogP contribution in [0.3, 0.4) is 0 Å². The fourth-order valence-corrected chi connectivity index (χ4v) is 2.48. The summed E-state index contributed by atoms with van der Waals surface area (Å²) in [6.45, 7) is 6.21. The molecule has 6 nitrogen and oxygen atoms in total. The summed E-state index contributed by atoms with van der Waals surface area (Å²) in [7, 11) is 1.69. The fourth-order valence-electron chi connectivity index (χ4n) is 2.48. The Morgan fingerprint density at radius 2 is 2.35 bits per heavy atom. The first-order valence-corrected chi connectivity index (χ1v) is 6.87. The van der Waals surface area contributed by atoms with E-state index in [1.54, 1.807) is 13.3 Å². The van der Waals surface area contributed by atoms with Gasteiger partial charge in [0.2, 0.25) is 0 Å². The third kappa shape index (κ3) is 3.07. The second kappa shape index (κ2) is 6.17. The zero-order valence-corrected chi connectivity index (χ0v) is 12.2. The van der Waals surface area contributed by atoms with E-state index >= 15 is 0 Å². The van der Waals surface area contributed by atoms with Crippen LogP contribution in [0.4, 0.5) is 5.69 Å². The van der Waals surface area contributed by atoms with Gasteiger partial charge in [0.05, 0.1) is 18.5 Å². The molecule has 1 aromatic rings. The van der Waals surface area contributed by atoms with Crippen LogP contribution in [0.1, 0.15) is 42.5 Å². The third-order valence-electron chi connectivity index (χ3n) is 3.54. The molecule has 0 radical (unpaired) electrons. The van der Waals surface area contributed by atoms with E-state index in [1.807, 2.05) is 18.7 Å². The maximum Gasteiger partial charge on any atom is 0.356 e. The van der Waals surface area contributed by atoms with Crippen molar-refractivity contribution in [2.75, 3.05) is 31.7 Å². The summed E-state index contributed by atoms with van der Waals surface area (Å²) in [5.41, 5.74) is 0.710. The van der Waals surface area contributed by atoms with Crippen molar-refractivity contribution in [2.45, 2.75) is 26.2 Å². The van der Waals surface area contributed by atoms with Crippen LogP contribution in [0.5, 0.6) is 0 Å². The second-order valence-electron chi connectivity index (χ2n) is 5.48. The number of rotatable bonds is 5. The molecule has 1 aromatic heterocycles. The van der Waals surface area contributed by atoms with Crippen molar-refractivity contribution >= 4 is 11.7 Å². The Labute approximate surface area is 118 Å². The molecule has 110 valence electrons. The van der Waals surface area contributed by atoms with Crippen molar-refractivity contribution in [1.82, 2.24) is 9.97 Å². The minimum absolute atomic E-state index is 0.0989. The smallest absolute Gasteiger partial charge is 0.356 e. The largest absolute Gasteiger partial charge is 0.476 e. The Morgan fingerprint density at radius 3 is 2.95 bits per heavy atom. The summed E-state index contributed by atoms with van der Waals surface area (Å²) in [5.74, 6) is 0.117. The van der Waals surface area contributed by atoms with Gasteiger partial charge in [-0.1, -0.05) is 13.8 Å². The summed E-state index contributed by atoms with van der Waals surface area (Å²) >= 11 is 0. The number of aromatic nitrogens is 2. The molecule has 1 fully saturated rings. The van der Waals surface area contributed by atoms with Crippen molar-refractivity contribution in [3.05, 3.63) is 17.7 Å². The molecule has 1 aliphatic heterocycles. The Bertz CT molecular complexity index is 491. The van der Waals surface area contributed by atoms with Crippen LogP contribution in [0.25, 0.3) is 0 Å². The predicted molar refractivity (Wildman–Crippen MR) is 75.3 cm³/mol. The highest BCUT2D eigenvalue weighted by Crippen LogP contribution is 2.26. The number of aromatic carboxylic acids is 1. The van der Waals surface area contributed by atoms with Gasteiger partial charge < -0.3 is 14.7 Å². The van der Waals surface area contributed by atoms with Gasteiger partial charge in [-0.25, -0.2) is 14.8 Å². The molecule has 1 aliphatic rings. The van der Waals surface area contributed by atoms with E-state index in [-0.39, 0.29) is 11.6 Å². The molecule has 0 spiro atoms. The SMILES string of the molecule is COCC1CCN(c2cnc(C(C)C)nc2C(=O)O)C1. The summed E-state index contributed by atoms with van der Waals surface area (Å²) in [6, 6.07) is 0. The number of hydrogen-bond acceptors (Lipinski definition) is 5. The molecule has 0 amide bonds. The Balaban J connectivity index is 2.25. The quantitative estimate of drug-likeness (QED) is 0.885. The van der Waals surface area contributed by atoms with Gasteiger partial charge >= 0.3 is 5.97 Å². The molecule has 20 heavy (non-hydrogen) atoms. The standard InChI is InChI=1S/C14H21N3O3/c1-9(2)13-15-6-11(12(16-13)14(18)19)17-5-4-10(7-17)8-20-3/h6,9-10H,4-5,7-8H2,1-3H3,(H,18,19). The molecule has 6 heteroatoms. The summed E-state index contributed by atoms with van der Waals surface area (Å²) < 4.78 is 5.16. The molecule has 0 saturated carbocycles. The lowest BCUT2D eigenvalue weighted by molar-refractivity contribution is 0.0690. The van der Waals surface area contributed by atoms with E-state index in [1.165, 1.54) is 0 Å². The molecule has 1 saturated heterocycles. The number of carboxylic acids is 1. The topological polar surface area (TPSA) is 75.5 Å². The molecule has 1 unspecified atom stereocenters. The average Bonchev–Trinajstić information content (AvgIpc) is 2.86. The molecule has 0 bridgehead atoms. The molecule has 1 N–H and O–H groups in total. The Kier molecular flexibility index (Phi) is 4.54. The summed E-state index contributed by atoms with van der Waals surface area (Å²) in [6.07, 6.45) is 2.64. The minimum atomic E-state index is -1.00. The first-order chi connectivity index (χ1) is 9.52. The molecule has 1 atom stereocenters. The van der Waals surface area contributed by atoms with Crippen LogP contribution >= 0.6 is 0 Å². The number of anilines is 1. The van der Waals surface area contributed by atoms with E-state index in [4.69, 9.17) is 4.74 Å². The van der Waals surface area contributed by atoms with Gasteiger partial charge in [0.1, 0.15) is 5.82 Å². The highest BCUT2D eigenvalue weighted by atomic mass is 16.5. The van der Waals surface area contributed by atoms with Gasteiger partial charge in [0, 0.05) is 32.0 Å². The highest BCUT2D eigenvalue weighted by Gasteiger charge is 2.27. The van der Waals surface area contributed by atoms with Gasteiger partial charge in [0.15, 0.2) is 5.69 Å². The third-order valence-corrected chi connectivity index (χ3v) is 3.54. The molecule has 0 aliphatic carbocycles. The first kappa shape index (κ1) is 14.7. The number of hydrogen-bond donors (Lipinski definition) is 1. The van der Waals surface area contributed by atoms with E-state index in [0.717, 1.165) is 19.5 Å². The van der Waals surface area contributed by atoms with E-state index in [9.17, 15) is 9.90 Å². The van der Waals surface area contributed by atoms with Gasteiger partial charge in [-0.2, -0.15) is 0 Å². The Morgan fingerprint density at radius 1 is 1.60 bits per heavy atom. The van der Waals surface area contributed by atoms with Crippen molar-refractivity contribution < 1.29 is 14.6 Å². The fraction of sp³-hybridized carbons (Fsp3) is 0.643. The zero-order valence-electron chi connectivity index (χ0n) is 12.2. The predicted octanol–water partition coefficient (Wildman–Crippen LogP) is 1.77. The van der Waals surface area contributed by atoms with Crippen LogP contribution in [-0.2, 0) is 4.74 Å². The van der Waals surface area contributed by atoms with Crippen LogP contribution in [0.15, 0.2) is 6.20 Å². The van der Waals surface area contributed by atoms with E-state index in [0.29, 0.717) is 24.0 Å². The molecule has 0 aromatic carbocycles. The van der Waals surface area contributed by atoms with Crippen molar-refractivity contribution in [3.8, 4) is 0 Å². The number of methoxy groups -OCH3 is 1. The lowest BCUT2D eigenvalue weighted by Gasteiger charge is -2.20. The first-order valence-electron chi connectivity index (χ1n) is 6.87. The zero-order chi connectivity index (χ0) is 14.7. The minimum Gasteiger partial charge on any atom is -0.476 e. The van der Waals surface area contributed by atoms with Gasteiger partial charge in [-0.15, -0.1) is 0 Å². The van der Waals surface area contributed by atoms with Crippen LogP contribution < -0.4 is 4.90 Å². The molecular weight excluding hydrogens is 258 g/mol. The van der Waals surface area contributed by atoms with E-state index < -0.39 is 5.97 Å². The van der Waals surface area contributed by atoms with Crippen LogP contribution in [-0.4, -0.2) is 47.8 Å². The monoisotopic (exact) mass is 279 g/mol. The Hall–Kier alpha value is -1.69. The van der Waals surface area contributed by atoms with Crippen molar-refractivity contribution in [1.29, 1.82) is 0 Å². The number of carbonyl (C=O) groups is 1. The van der Waals surface area contributed by atoms with Crippen molar-refractivity contribution in [2.24, 2.45) is 5.92 Å². The maximum atomic E-state index is 11.4. The van der Waals surface area contributed by atoms with Gasteiger partial charge in [0.25, 0.3) is 0 Å². The van der Waals surface area contributed by atoms with Gasteiger partial charge in [-0.05, 0) is 6.42 Å². The molecular formula is C14H21N3O3. The van der Waals surface area contributed by atoms with E-state index in [2.05, 4.69) is 9.97 Å². The average molecular weight is 279 g/mol. The normalized spacial score (nSPS) is 18.8. The number of ether oxygens (including phenoxy) is 1. The highest BCUT2D eigenvalue weighted by molar-refractivity contribution is 5.92. The van der Waals surface area contributed by atoms with Crippen LogP contribution in [0, 0.1) is 5.92 Å². The van der Waals surface area contributed by atoms with Crippen molar-refractivity contribution in [3.63, 3.8) is 0 Å². The lowest BCUT2D eigenvalue weighted by Crippen LogP contribution is -2.24. The summed E-state index contributed by atoms with van der Waals surface area (Å²) in [5, 5.41) is 9.36.